The molecule has 0 spiro atoms. The summed E-state index contributed by atoms with van der Waals surface area (Å²) in [4.78, 5) is 17.1. The van der Waals surface area contributed by atoms with Crippen LogP contribution in [0.4, 0.5) is 0 Å². The molecule has 2 aromatic carbocycles. The summed E-state index contributed by atoms with van der Waals surface area (Å²) in [5.74, 6) is 1.09. The maximum atomic E-state index is 13.6. The Labute approximate surface area is 181 Å². The van der Waals surface area contributed by atoms with Crippen LogP contribution >= 0.6 is 0 Å². The summed E-state index contributed by atoms with van der Waals surface area (Å²) in [6, 6.07) is 17.7. The normalized spacial score (nSPS) is 16.0. The molecule has 5 nitrogen and oxygen atoms in total. The van der Waals surface area contributed by atoms with Gasteiger partial charge >= 0.3 is 0 Å². The predicted octanol–water partition coefficient (Wildman–Crippen LogP) is 5.50. The van der Waals surface area contributed by atoms with E-state index in [2.05, 4.69) is 29.3 Å². The number of rotatable bonds is 4. The van der Waals surface area contributed by atoms with E-state index in [0.29, 0.717) is 11.5 Å². The number of fused-ring (bicyclic) bond motifs is 1. The molecule has 31 heavy (non-hydrogen) atoms. The molecule has 2 aromatic heterocycles. The highest BCUT2D eigenvalue weighted by atomic mass is 16.5. The van der Waals surface area contributed by atoms with Crippen LogP contribution in [0, 0.1) is 6.92 Å². The molecular formula is C26H25N3O2. The number of aromatic amines is 1. The van der Waals surface area contributed by atoms with Gasteiger partial charge in [-0.1, -0.05) is 54.6 Å². The molecule has 0 fully saturated rings. The molecular weight excluding hydrogens is 386 g/mol. The number of hydrogen-bond acceptors (Lipinski definition) is 3. The topological polar surface area (TPSA) is 59.4 Å². The average molecular weight is 412 g/mol. The lowest BCUT2D eigenvalue weighted by molar-refractivity contribution is 0.415. The average Bonchev–Trinajstić information content (AvgIpc) is 3.20. The van der Waals surface area contributed by atoms with E-state index in [4.69, 9.17) is 9.84 Å². The van der Waals surface area contributed by atoms with Crippen LogP contribution in [0.2, 0.25) is 0 Å². The van der Waals surface area contributed by atoms with Crippen molar-refractivity contribution >= 4 is 5.65 Å². The lowest BCUT2D eigenvalue weighted by Crippen LogP contribution is -2.19. The molecule has 0 saturated heterocycles. The standard InChI is InChI=1S/C26H25N3O2/c1-17-22(19-13-15-21(31-2)16-14-19)26(30)29-25(27-17)23(18-9-5-3-6-10-18)24(28-29)20-11-7-4-8-12-20/h3-5,7-8,11-16,18,27H,6,9-10H2,1-2H3. The molecule has 5 rings (SSSR count). The van der Waals surface area contributed by atoms with Gasteiger partial charge in [0.1, 0.15) is 11.4 Å². The Balaban J connectivity index is 1.76. The molecule has 0 bridgehead atoms. The number of methoxy groups -OCH3 is 1. The van der Waals surface area contributed by atoms with E-state index < -0.39 is 0 Å². The second-order valence-electron chi connectivity index (χ2n) is 8.03. The number of allylic oxidation sites excluding steroid dienone is 2. The number of H-pyrrole nitrogens is 1. The number of ether oxygens (including phenoxy) is 1. The van der Waals surface area contributed by atoms with Gasteiger partial charge in [-0.3, -0.25) is 4.79 Å². The van der Waals surface area contributed by atoms with Crippen molar-refractivity contribution < 1.29 is 4.74 Å². The van der Waals surface area contributed by atoms with Gasteiger partial charge in [-0.05, 0) is 49.8 Å². The SMILES string of the molecule is COc1ccc(-c2c(C)[nH]c3c(C4CC=CCC4)c(-c4ccccc4)nn3c2=O)cc1. The molecule has 0 amide bonds. The van der Waals surface area contributed by atoms with Gasteiger partial charge in [0.2, 0.25) is 0 Å². The fourth-order valence-electron chi connectivity index (χ4n) is 4.55. The first-order valence-corrected chi connectivity index (χ1v) is 10.7. The van der Waals surface area contributed by atoms with Crippen molar-refractivity contribution in [3.05, 3.63) is 88.4 Å². The highest BCUT2D eigenvalue weighted by molar-refractivity contribution is 5.74. The second kappa shape index (κ2) is 7.91. The van der Waals surface area contributed by atoms with Crippen LogP contribution < -0.4 is 10.3 Å². The van der Waals surface area contributed by atoms with Gasteiger partial charge in [0.25, 0.3) is 5.56 Å². The van der Waals surface area contributed by atoms with Gasteiger partial charge < -0.3 is 9.72 Å². The first-order chi connectivity index (χ1) is 15.2. The smallest absolute Gasteiger partial charge is 0.282 e. The molecule has 156 valence electrons. The van der Waals surface area contributed by atoms with E-state index in [1.807, 2.05) is 49.4 Å². The Morgan fingerprint density at radius 1 is 1.03 bits per heavy atom. The van der Waals surface area contributed by atoms with Crippen LogP contribution in [0.3, 0.4) is 0 Å². The fourth-order valence-corrected chi connectivity index (χ4v) is 4.55. The van der Waals surface area contributed by atoms with Gasteiger partial charge in [-0.15, -0.1) is 0 Å². The van der Waals surface area contributed by atoms with E-state index in [1.54, 1.807) is 11.6 Å². The van der Waals surface area contributed by atoms with Crippen molar-refractivity contribution in [3.8, 4) is 28.1 Å². The van der Waals surface area contributed by atoms with Crippen LogP contribution in [0.15, 0.2) is 71.5 Å². The van der Waals surface area contributed by atoms with Crippen LogP contribution in [0.25, 0.3) is 28.0 Å². The van der Waals surface area contributed by atoms with E-state index in [1.165, 1.54) is 0 Å². The summed E-state index contributed by atoms with van der Waals surface area (Å²) >= 11 is 0. The highest BCUT2D eigenvalue weighted by Crippen LogP contribution is 2.38. The van der Waals surface area contributed by atoms with E-state index in [0.717, 1.165) is 58.7 Å². The molecule has 0 aliphatic heterocycles. The van der Waals surface area contributed by atoms with Crippen molar-refractivity contribution in [2.75, 3.05) is 7.11 Å². The summed E-state index contributed by atoms with van der Waals surface area (Å²) in [7, 11) is 1.63. The van der Waals surface area contributed by atoms with Gasteiger partial charge in [0, 0.05) is 16.8 Å². The maximum absolute atomic E-state index is 13.6. The maximum Gasteiger partial charge on any atom is 0.282 e. The molecule has 1 N–H and O–H groups in total. The number of hydrogen-bond donors (Lipinski definition) is 1. The zero-order valence-corrected chi connectivity index (χ0v) is 17.8. The molecule has 1 atom stereocenters. The van der Waals surface area contributed by atoms with E-state index >= 15 is 0 Å². The van der Waals surface area contributed by atoms with E-state index in [-0.39, 0.29) is 5.56 Å². The first-order valence-electron chi connectivity index (χ1n) is 10.7. The zero-order valence-electron chi connectivity index (χ0n) is 17.8. The van der Waals surface area contributed by atoms with Crippen LogP contribution in [0.1, 0.15) is 36.4 Å². The van der Waals surface area contributed by atoms with Crippen LogP contribution in [0.5, 0.6) is 5.75 Å². The minimum absolute atomic E-state index is 0.105. The van der Waals surface area contributed by atoms with Gasteiger partial charge in [0.05, 0.1) is 18.4 Å². The molecule has 1 aliphatic rings. The summed E-state index contributed by atoms with van der Waals surface area (Å²) in [5, 5.41) is 4.84. The lowest BCUT2D eigenvalue weighted by atomic mass is 9.86. The Bertz CT molecular complexity index is 1320. The number of nitrogens with zero attached hydrogens (tertiary/aromatic N) is 2. The molecule has 0 radical (unpaired) electrons. The molecule has 5 heteroatoms. The molecule has 1 aliphatic carbocycles. The van der Waals surface area contributed by atoms with Crippen molar-refractivity contribution in [2.24, 2.45) is 0 Å². The highest BCUT2D eigenvalue weighted by Gasteiger charge is 2.26. The molecule has 1 unspecified atom stereocenters. The third kappa shape index (κ3) is 3.36. The summed E-state index contributed by atoms with van der Waals surface area (Å²) in [5.41, 5.74) is 6.08. The van der Waals surface area contributed by atoms with Gasteiger partial charge in [-0.25, -0.2) is 0 Å². The van der Waals surface area contributed by atoms with Crippen LogP contribution in [-0.4, -0.2) is 21.7 Å². The zero-order chi connectivity index (χ0) is 21.4. The van der Waals surface area contributed by atoms with Crippen molar-refractivity contribution in [1.29, 1.82) is 0 Å². The monoisotopic (exact) mass is 411 g/mol. The predicted molar refractivity (Wildman–Crippen MR) is 124 cm³/mol. The third-order valence-electron chi connectivity index (χ3n) is 6.11. The van der Waals surface area contributed by atoms with Gasteiger partial charge in [-0.2, -0.15) is 9.61 Å². The largest absolute Gasteiger partial charge is 0.497 e. The third-order valence-corrected chi connectivity index (χ3v) is 6.11. The number of benzene rings is 2. The minimum Gasteiger partial charge on any atom is -0.497 e. The van der Waals surface area contributed by atoms with Crippen molar-refractivity contribution in [3.63, 3.8) is 0 Å². The molecule has 4 aromatic rings. The van der Waals surface area contributed by atoms with Crippen molar-refractivity contribution in [2.45, 2.75) is 32.1 Å². The number of nitrogens with one attached hydrogen (secondary N) is 1. The Morgan fingerprint density at radius 3 is 2.48 bits per heavy atom. The lowest BCUT2D eigenvalue weighted by Gasteiger charge is -2.18. The Kier molecular flexibility index (Phi) is 4.94. The summed E-state index contributed by atoms with van der Waals surface area (Å²) in [6.07, 6.45) is 7.54. The summed E-state index contributed by atoms with van der Waals surface area (Å²) < 4.78 is 6.82. The second-order valence-corrected chi connectivity index (χ2v) is 8.03. The van der Waals surface area contributed by atoms with Crippen LogP contribution in [-0.2, 0) is 0 Å². The Hall–Kier alpha value is -3.60. The van der Waals surface area contributed by atoms with Gasteiger partial charge in [0.15, 0.2) is 0 Å². The van der Waals surface area contributed by atoms with E-state index in [9.17, 15) is 4.79 Å². The molecule has 0 saturated carbocycles. The summed E-state index contributed by atoms with van der Waals surface area (Å²) in [6.45, 7) is 1.96. The Morgan fingerprint density at radius 2 is 1.81 bits per heavy atom. The number of aryl methyl sites for hydroxylation is 1. The first kappa shape index (κ1) is 19.4. The van der Waals surface area contributed by atoms with Crippen molar-refractivity contribution in [1.82, 2.24) is 14.6 Å². The fraction of sp³-hybridized carbons (Fsp3) is 0.231. The number of aromatic nitrogens is 3. The minimum atomic E-state index is -0.105. The molecule has 2 heterocycles. The quantitative estimate of drug-likeness (QED) is 0.451.